The van der Waals surface area contributed by atoms with Crippen molar-refractivity contribution in [1.82, 2.24) is 15.2 Å². The molecular weight excluding hydrogens is 355 g/mol. The quantitative estimate of drug-likeness (QED) is 0.860. The van der Waals surface area contributed by atoms with E-state index in [2.05, 4.69) is 26.2 Å². The molecule has 2 aromatic rings. The van der Waals surface area contributed by atoms with Crippen molar-refractivity contribution >= 4 is 11.6 Å². The molecule has 28 heavy (non-hydrogen) atoms. The van der Waals surface area contributed by atoms with Crippen LogP contribution in [-0.2, 0) is 4.79 Å². The van der Waals surface area contributed by atoms with Crippen LogP contribution in [0.4, 0.5) is 10.1 Å². The van der Waals surface area contributed by atoms with Crippen LogP contribution in [0.25, 0.3) is 0 Å². The molecule has 3 rings (SSSR count). The van der Waals surface area contributed by atoms with Gasteiger partial charge in [0.05, 0.1) is 6.04 Å². The number of rotatable bonds is 5. The van der Waals surface area contributed by atoms with Crippen LogP contribution in [0.5, 0.6) is 0 Å². The zero-order valence-electron chi connectivity index (χ0n) is 16.9. The Hall–Kier alpha value is -2.47. The number of hydrogen-bond acceptors (Lipinski definition) is 4. The smallest absolute Gasteiger partial charge is 0.225 e. The summed E-state index contributed by atoms with van der Waals surface area (Å²) in [6, 6.07) is 10.7. The Balaban J connectivity index is 1.67. The molecule has 1 amide bonds. The van der Waals surface area contributed by atoms with Crippen molar-refractivity contribution in [2.24, 2.45) is 5.41 Å². The largest absolute Gasteiger partial charge is 0.369 e. The Morgan fingerprint density at radius 3 is 2.39 bits per heavy atom. The highest BCUT2D eigenvalue weighted by atomic mass is 19.1. The zero-order valence-corrected chi connectivity index (χ0v) is 16.9. The Morgan fingerprint density at radius 2 is 1.82 bits per heavy atom. The number of nitrogens with zero attached hydrogens (tertiary/aromatic N) is 3. The molecule has 0 unspecified atom stereocenters. The molecule has 1 atom stereocenters. The van der Waals surface area contributed by atoms with Crippen molar-refractivity contribution in [3.05, 3.63) is 60.2 Å². The van der Waals surface area contributed by atoms with Crippen LogP contribution in [0, 0.1) is 11.2 Å². The molecule has 6 heteroatoms. The molecule has 5 nitrogen and oxygen atoms in total. The molecule has 1 aliphatic rings. The van der Waals surface area contributed by atoms with Gasteiger partial charge in [0.1, 0.15) is 5.82 Å². The summed E-state index contributed by atoms with van der Waals surface area (Å²) in [5, 5.41) is 3.10. The average Bonchev–Trinajstić information content (AvgIpc) is 2.69. The van der Waals surface area contributed by atoms with Crippen LogP contribution in [0.3, 0.4) is 0 Å². The van der Waals surface area contributed by atoms with Crippen LogP contribution in [-0.4, -0.2) is 48.5 Å². The lowest BCUT2D eigenvalue weighted by molar-refractivity contribution is -0.128. The Morgan fingerprint density at radius 1 is 1.14 bits per heavy atom. The average molecular weight is 384 g/mol. The van der Waals surface area contributed by atoms with E-state index in [9.17, 15) is 9.18 Å². The predicted molar refractivity (Wildman–Crippen MR) is 110 cm³/mol. The van der Waals surface area contributed by atoms with Gasteiger partial charge >= 0.3 is 0 Å². The topological polar surface area (TPSA) is 48.5 Å². The number of pyridine rings is 1. The lowest BCUT2D eigenvalue weighted by atomic mass is 9.95. The van der Waals surface area contributed by atoms with Crippen molar-refractivity contribution in [1.29, 1.82) is 0 Å². The number of amides is 1. The SMILES string of the molecule is CC(C)(C)C(=O)NC[C@@H](c1cccnc1)N1CCN(c2ccc(F)cc2)CC1. The van der Waals surface area contributed by atoms with Crippen LogP contribution in [0.1, 0.15) is 32.4 Å². The summed E-state index contributed by atoms with van der Waals surface area (Å²) >= 11 is 0. The normalized spacial score (nSPS) is 16.6. The maximum Gasteiger partial charge on any atom is 0.225 e. The molecule has 0 saturated carbocycles. The van der Waals surface area contributed by atoms with E-state index in [1.165, 1.54) is 12.1 Å². The minimum absolute atomic E-state index is 0.0475. The van der Waals surface area contributed by atoms with E-state index in [-0.39, 0.29) is 17.8 Å². The third kappa shape index (κ3) is 5.07. The number of anilines is 1. The highest BCUT2D eigenvalue weighted by molar-refractivity contribution is 5.81. The maximum absolute atomic E-state index is 13.2. The highest BCUT2D eigenvalue weighted by Gasteiger charge is 2.28. The summed E-state index contributed by atoms with van der Waals surface area (Å²) in [4.78, 5) is 21.3. The molecule has 150 valence electrons. The first kappa shape index (κ1) is 20.3. The second kappa shape index (κ2) is 8.69. The Bertz CT molecular complexity index is 765. The fourth-order valence-corrected chi connectivity index (χ4v) is 3.43. The Kier molecular flexibility index (Phi) is 6.29. The first-order valence-corrected chi connectivity index (χ1v) is 9.77. The second-order valence-corrected chi connectivity index (χ2v) is 8.26. The van der Waals surface area contributed by atoms with Crippen LogP contribution >= 0.6 is 0 Å². The summed E-state index contributed by atoms with van der Waals surface area (Å²) < 4.78 is 13.2. The van der Waals surface area contributed by atoms with Crippen molar-refractivity contribution in [3.63, 3.8) is 0 Å². The predicted octanol–water partition coefficient (Wildman–Crippen LogP) is 3.25. The molecule has 1 aromatic carbocycles. The number of carbonyl (C=O) groups excluding carboxylic acids is 1. The molecule has 2 heterocycles. The maximum atomic E-state index is 13.2. The molecule has 1 N–H and O–H groups in total. The molecule has 0 bridgehead atoms. The highest BCUT2D eigenvalue weighted by Crippen LogP contribution is 2.24. The fourth-order valence-electron chi connectivity index (χ4n) is 3.43. The van der Waals surface area contributed by atoms with Crippen LogP contribution in [0.15, 0.2) is 48.8 Å². The van der Waals surface area contributed by atoms with Crippen LogP contribution in [0.2, 0.25) is 0 Å². The number of hydrogen-bond donors (Lipinski definition) is 1. The van der Waals surface area contributed by atoms with Gasteiger partial charge in [-0.1, -0.05) is 26.8 Å². The minimum Gasteiger partial charge on any atom is -0.369 e. The molecule has 0 spiro atoms. The monoisotopic (exact) mass is 384 g/mol. The molecule has 1 aliphatic heterocycles. The fraction of sp³-hybridized carbons (Fsp3) is 0.455. The summed E-state index contributed by atoms with van der Waals surface area (Å²) in [6.45, 7) is 9.75. The molecule has 1 aromatic heterocycles. The van der Waals surface area contributed by atoms with Gasteiger partial charge in [-0.25, -0.2) is 4.39 Å². The molecule has 1 fully saturated rings. The Labute approximate surface area is 166 Å². The number of piperazine rings is 1. The van der Waals surface area contributed by atoms with Crippen molar-refractivity contribution in [2.45, 2.75) is 26.8 Å². The van der Waals surface area contributed by atoms with E-state index in [4.69, 9.17) is 0 Å². The lowest BCUT2D eigenvalue weighted by Crippen LogP contribution is -2.50. The van der Waals surface area contributed by atoms with E-state index in [0.717, 1.165) is 37.4 Å². The number of benzene rings is 1. The third-order valence-electron chi connectivity index (χ3n) is 5.15. The minimum atomic E-state index is -0.416. The van der Waals surface area contributed by atoms with Gasteiger partial charge in [0.25, 0.3) is 0 Å². The van der Waals surface area contributed by atoms with Gasteiger partial charge in [0, 0.05) is 56.2 Å². The van der Waals surface area contributed by atoms with Gasteiger partial charge in [-0.05, 0) is 35.9 Å². The number of carbonyl (C=O) groups is 1. The molecule has 0 radical (unpaired) electrons. The van der Waals surface area contributed by atoms with Gasteiger partial charge in [0.2, 0.25) is 5.91 Å². The van der Waals surface area contributed by atoms with E-state index in [1.807, 2.05) is 45.2 Å². The van der Waals surface area contributed by atoms with Crippen molar-refractivity contribution < 1.29 is 9.18 Å². The molecule has 1 saturated heterocycles. The van der Waals surface area contributed by atoms with E-state index in [1.54, 1.807) is 6.20 Å². The second-order valence-electron chi connectivity index (χ2n) is 8.26. The van der Waals surface area contributed by atoms with Gasteiger partial charge in [-0.2, -0.15) is 0 Å². The number of halogens is 1. The summed E-state index contributed by atoms with van der Waals surface area (Å²) in [5.41, 5.74) is 1.73. The first-order valence-electron chi connectivity index (χ1n) is 9.77. The van der Waals surface area contributed by atoms with Gasteiger partial charge in [-0.15, -0.1) is 0 Å². The van der Waals surface area contributed by atoms with Gasteiger partial charge < -0.3 is 10.2 Å². The van der Waals surface area contributed by atoms with E-state index in [0.29, 0.717) is 6.54 Å². The van der Waals surface area contributed by atoms with Gasteiger partial charge in [-0.3, -0.25) is 14.7 Å². The zero-order chi connectivity index (χ0) is 20.1. The van der Waals surface area contributed by atoms with Gasteiger partial charge in [0.15, 0.2) is 0 Å². The summed E-state index contributed by atoms with van der Waals surface area (Å²) in [5.74, 6) is -0.167. The molecule has 0 aliphatic carbocycles. The van der Waals surface area contributed by atoms with E-state index < -0.39 is 5.41 Å². The van der Waals surface area contributed by atoms with E-state index >= 15 is 0 Å². The summed E-state index contributed by atoms with van der Waals surface area (Å²) in [7, 11) is 0. The summed E-state index contributed by atoms with van der Waals surface area (Å²) in [6.07, 6.45) is 3.64. The first-order chi connectivity index (χ1) is 13.3. The van der Waals surface area contributed by atoms with Crippen molar-refractivity contribution in [2.75, 3.05) is 37.6 Å². The van der Waals surface area contributed by atoms with Crippen LogP contribution < -0.4 is 10.2 Å². The van der Waals surface area contributed by atoms with Crippen molar-refractivity contribution in [3.8, 4) is 0 Å². The molecular formula is C22H29FN4O. The number of nitrogens with one attached hydrogen (secondary N) is 1. The standard InChI is InChI=1S/C22H29FN4O/c1-22(2,3)21(28)25-16-20(17-5-4-10-24-15-17)27-13-11-26(12-14-27)19-8-6-18(23)7-9-19/h4-10,15,20H,11-14,16H2,1-3H3,(H,25,28)/t20-/m0/s1. The lowest BCUT2D eigenvalue weighted by Gasteiger charge is -2.40. The third-order valence-corrected chi connectivity index (χ3v) is 5.15. The number of aromatic nitrogens is 1.